The maximum Gasteiger partial charge on any atom is 0.300 e. The van der Waals surface area contributed by atoms with Crippen molar-refractivity contribution in [3.05, 3.63) is 36.8 Å². The van der Waals surface area contributed by atoms with Crippen molar-refractivity contribution in [2.75, 3.05) is 5.32 Å². The van der Waals surface area contributed by atoms with Gasteiger partial charge in [0.15, 0.2) is 5.11 Å². The van der Waals surface area contributed by atoms with Gasteiger partial charge in [0.25, 0.3) is 5.69 Å². The SMILES string of the molecule is NC(=S)Nc1c(Br)cc([N+](=O)[O-])cc1[N+](=O)[O-]. The first-order chi connectivity index (χ1) is 7.82. The maximum absolute atomic E-state index is 10.8. The summed E-state index contributed by atoms with van der Waals surface area (Å²) in [6.45, 7) is 0. The zero-order valence-electron chi connectivity index (χ0n) is 8.05. The predicted octanol–water partition coefficient (Wildman–Crippen LogP) is 1.92. The zero-order chi connectivity index (χ0) is 13.2. The molecule has 90 valence electrons. The number of nitro groups is 2. The predicted molar refractivity (Wildman–Crippen MR) is 67.9 cm³/mol. The number of thiocarbonyl (C=S) groups is 1. The minimum atomic E-state index is -0.766. The number of nitrogens with one attached hydrogen (secondary N) is 1. The number of rotatable bonds is 3. The van der Waals surface area contributed by atoms with E-state index in [9.17, 15) is 20.2 Å². The van der Waals surface area contributed by atoms with Crippen LogP contribution in [0.1, 0.15) is 0 Å². The highest BCUT2D eigenvalue weighted by Crippen LogP contribution is 2.36. The minimum Gasteiger partial charge on any atom is -0.376 e. The van der Waals surface area contributed by atoms with Gasteiger partial charge in [-0.2, -0.15) is 0 Å². The molecule has 0 saturated heterocycles. The Morgan fingerprint density at radius 1 is 1.35 bits per heavy atom. The van der Waals surface area contributed by atoms with Crippen LogP contribution in [0.15, 0.2) is 16.6 Å². The summed E-state index contributed by atoms with van der Waals surface area (Å²) in [5, 5.41) is 23.5. The molecule has 0 atom stereocenters. The molecule has 0 unspecified atom stereocenters. The van der Waals surface area contributed by atoms with Gasteiger partial charge < -0.3 is 11.1 Å². The Kier molecular flexibility index (Phi) is 3.91. The van der Waals surface area contributed by atoms with Gasteiger partial charge in [0.2, 0.25) is 0 Å². The molecule has 0 aromatic heterocycles. The van der Waals surface area contributed by atoms with E-state index in [2.05, 4.69) is 33.5 Å². The summed E-state index contributed by atoms with van der Waals surface area (Å²) in [7, 11) is 0. The number of anilines is 1. The van der Waals surface area contributed by atoms with Crippen molar-refractivity contribution < 1.29 is 9.85 Å². The molecule has 0 amide bonds. The fourth-order valence-electron chi connectivity index (χ4n) is 1.07. The normalized spacial score (nSPS) is 9.71. The molecule has 17 heavy (non-hydrogen) atoms. The average molecular weight is 321 g/mol. The van der Waals surface area contributed by atoms with E-state index in [4.69, 9.17) is 5.73 Å². The summed E-state index contributed by atoms with van der Waals surface area (Å²) in [6, 6.07) is 1.94. The monoisotopic (exact) mass is 320 g/mol. The fraction of sp³-hybridized carbons (Fsp3) is 0. The summed E-state index contributed by atoms with van der Waals surface area (Å²) < 4.78 is 0.131. The molecular weight excluding hydrogens is 316 g/mol. The zero-order valence-corrected chi connectivity index (χ0v) is 10.4. The van der Waals surface area contributed by atoms with Crippen molar-refractivity contribution in [1.82, 2.24) is 0 Å². The lowest BCUT2D eigenvalue weighted by molar-refractivity contribution is -0.393. The Balaban J connectivity index is 3.43. The van der Waals surface area contributed by atoms with E-state index in [1.54, 1.807) is 0 Å². The largest absolute Gasteiger partial charge is 0.376 e. The Morgan fingerprint density at radius 2 is 1.94 bits per heavy atom. The minimum absolute atomic E-state index is 0.0203. The Morgan fingerprint density at radius 3 is 2.35 bits per heavy atom. The quantitative estimate of drug-likeness (QED) is 0.495. The van der Waals surface area contributed by atoms with Gasteiger partial charge in [0.05, 0.1) is 20.4 Å². The molecule has 0 spiro atoms. The number of non-ortho nitro benzene ring substituents is 1. The number of benzene rings is 1. The van der Waals surface area contributed by atoms with Gasteiger partial charge in [-0.15, -0.1) is 0 Å². The van der Waals surface area contributed by atoms with Crippen molar-refractivity contribution in [1.29, 1.82) is 0 Å². The van der Waals surface area contributed by atoms with E-state index >= 15 is 0 Å². The molecule has 0 aliphatic carbocycles. The lowest BCUT2D eigenvalue weighted by Crippen LogP contribution is -2.20. The van der Waals surface area contributed by atoms with Gasteiger partial charge >= 0.3 is 5.69 Å². The maximum atomic E-state index is 10.8. The van der Waals surface area contributed by atoms with Gasteiger partial charge in [-0.05, 0) is 28.1 Å². The molecule has 8 nitrogen and oxygen atoms in total. The van der Waals surface area contributed by atoms with Crippen molar-refractivity contribution in [3.63, 3.8) is 0 Å². The molecule has 0 heterocycles. The molecule has 0 bridgehead atoms. The summed E-state index contributed by atoms with van der Waals surface area (Å²) in [6.07, 6.45) is 0. The highest BCUT2D eigenvalue weighted by molar-refractivity contribution is 9.10. The second-order valence-electron chi connectivity index (χ2n) is 2.83. The topological polar surface area (TPSA) is 124 Å². The third-order valence-electron chi connectivity index (χ3n) is 1.71. The summed E-state index contributed by atoms with van der Waals surface area (Å²) in [5.74, 6) is 0. The third kappa shape index (κ3) is 3.07. The first kappa shape index (κ1) is 13.3. The molecule has 10 heteroatoms. The van der Waals surface area contributed by atoms with Crippen LogP contribution in [0.2, 0.25) is 0 Å². The standard InChI is InChI=1S/C7H5BrN4O4S/c8-4-1-3(11(13)14)2-5(12(15)16)6(4)10-7(9)17/h1-2H,(H3,9,10,17). The van der Waals surface area contributed by atoms with E-state index < -0.39 is 21.2 Å². The van der Waals surface area contributed by atoms with Crippen LogP contribution in [0.5, 0.6) is 0 Å². The van der Waals surface area contributed by atoms with E-state index in [1.807, 2.05) is 0 Å². The Bertz CT molecular complexity index is 521. The van der Waals surface area contributed by atoms with Crippen LogP contribution < -0.4 is 11.1 Å². The van der Waals surface area contributed by atoms with Gasteiger partial charge in [-0.25, -0.2) is 0 Å². The second-order valence-corrected chi connectivity index (χ2v) is 4.12. The molecule has 0 aliphatic rings. The molecule has 1 aromatic carbocycles. The second kappa shape index (κ2) is 5.01. The van der Waals surface area contributed by atoms with E-state index in [0.717, 1.165) is 12.1 Å². The molecule has 1 rings (SSSR count). The number of hydrogen-bond acceptors (Lipinski definition) is 5. The van der Waals surface area contributed by atoms with Gasteiger partial charge in [0.1, 0.15) is 5.69 Å². The molecule has 1 aromatic rings. The van der Waals surface area contributed by atoms with Crippen LogP contribution in [0.3, 0.4) is 0 Å². The van der Waals surface area contributed by atoms with Crippen molar-refractivity contribution >= 4 is 50.3 Å². The third-order valence-corrected chi connectivity index (χ3v) is 2.44. The van der Waals surface area contributed by atoms with Crippen LogP contribution in [0.4, 0.5) is 17.1 Å². The number of hydrogen-bond donors (Lipinski definition) is 2. The van der Waals surface area contributed by atoms with Gasteiger partial charge in [-0.3, -0.25) is 20.2 Å². The number of nitrogens with zero attached hydrogens (tertiary/aromatic N) is 2. The molecular formula is C7H5BrN4O4S. The Hall–Kier alpha value is -1.81. The first-order valence-electron chi connectivity index (χ1n) is 4.01. The molecule has 0 radical (unpaired) electrons. The molecule has 0 saturated carbocycles. The lowest BCUT2D eigenvalue weighted by Gasteiger charge is -2.06. The van der Waals surface area contributed by atoms with Crippen molar-refractivity contribution in [2.45, 2.75) is 0 Å². The van der Waals surface area contributed by atoms with Gasteiger partial charge in [-0.1, -0.05) is 0 Å². The highest BCUT2D eigenvalue weighted by Gasteiger charge is 2.23. The smallest absolute Gasteiger partial charge is 0.300 e. The van der Waals surface area contributed by atoms with E-state index in [1.165, 1.54) is 0 Å². The molecule has 0 aliphatic heterocycles. The number of halogens is 1. The van der Waals surface area contributed by atoms with Gasteiger partial charge in [0, 0.05) is 6.07 Å². The molecule has 0 fully saturated rings. The van der Waals surface area contributed by atoms with Crippen LogP contribution in [-0.2, 0) is 0 Å². The summed E-state index contributed by atoms with van der Waals surface area (Å²) in [5.41, 5.74) is 4.29. The van der Waals surface area contributed by atoms with Crippen LogP contribution in [-0.4, -0.2) is 15.0 Å². The summed E-state index contributed by atoms with van der Waals surface area (Å²) >= 11 is 7.53. The van der Waals surface area contributed by atoms with Crippen LogP contribution >= 0.6 is 28.1 Å². The Labute approximate surface area is 108 Å². The molecule has 3 N–H and O–H groups in total. The van der Waals surface area contributed by atoms with Crippen LogP contribution in [0.25, 0.3) is 0 Å². The first-order valence-corrected chi connectivity index (χ1v) is 5.22. The lowest BCUT2D eigenvalue weighted by atomic mass is 10.2. The average Bonchev–Trinajstić information content (AvgIpc) is 2.19. The van der Waals surface area contributed by atoms with Crippen LogP contribution in [0, 0.1) is 20.2 Å². The number of nitrogens with two attached hydrogens (primary N) is 1. The summed E-state index contributed by atoms with van der Waals surface area (Å²) in [4.78, 5) is 19.8. The fourth-order valence-corrected chi connectivity index (χ4v) is 1.71. The number of nitro benzene ring substituents is 2. The van der Waals surface area contributed by atoms with E-state index in [-0.39, 0.29) is 15.3 Å². The van der Waals surface area contributed by atoms with Crippen molar-refractivity contribution in [2.24, 2.45) is 5.73 Å². The highest BCUT2D eigenvalue weighted by atomic mass is 79.9. The van der Waals surface area contributed by atoms with Crippen molar-refractivity contribution in [3.8, 4) is 0 Å². The van der Waals surface area contributed by atoms with E-state index in [0.29, 0.717) is 0 Å².